The van der Waals surface area contributed by atoms with Crippen molar-refractivity contribution >= 4 is 67.5 Å². The number of nitrogens with zero attached hydrogens (tertiary/aromatic N) is 1. The van der Waals surface area contributed by atoms with Gasteiger partial charge in [0.05, 0.1) is 0 Å². The van der Waals surface area contributed by atoms with Crippen LogP contribution in [0.1, 0.15) is 5.69 Å². The third-order valence-corrected chi connectivity index (χ3v) is 1.60. The van der Waals surface area contributed by atoms with Gasteiger partial charge in [-0.15, -0.1) is 12.6 Å². The van der Waals surface area contributed by atoms with Gasteiger partial charge >= 0.3 is 54.9 Å². The van der Waals surface area contributed by atoms with Gasteiger partial charge in [-0.2, -0.15) is 0 Å². The Morgan fingerprint density at radius 1 is 1.85 bits per heavy atom. The monoisotopic (exact) mass is 327 g/mol. The van der Waals surface area contributed by atoms with Crippen molar-refractivity contribution in [3.63, 3.8) is 0 Å². The maximum atomic E-state index is 10.3. The molecule has 0 aliphatic rings. The number of hydrogen-bond acceptors (Lipinski definition) is 4. The second-order valence-electron chi connectivity index (χ2n) is 2.38. The Bertz CT molecular complexity index is 291. The zero-order valence-electron chi connectivity index (χ0n) is 6.19. The van der Waals surface area contributed by atoms with Gasteiger partial charge in [0.2, 0.25) is 0 Å². The summed E-state index contributed by atoms with van der Waals surface area (Å²) in [6, 6.07) is -0.891. The first-order valence-corrected chi connectivity index (χ1v) is 3.75. The van der Waals surface area contributed by atoms with Crippen molar-refractivity contribution in [1.82, 2.24) is 9.97 Å². The third-order valence-electron chi connectivity index (χ3n) is 1.37. The number of hydrogen-bond donors (Lipinski definition) is 4. The Morgan fingerprint density at radius 2 is 2.46 bits per heavy atom. The molecule has 0 saturated carbocycles. The molecule has 0 aromatic carbocycles. The molecule has 1 rings (SSSR count). The van der Waals surface area contributed by atoms with Crippen LogP contribution in [0.2, 0.25) is 0 Å². The van der Waals surface area contributed by atoms with Crippen molar-refractivity contribution in [3.05, 3.63) is 11.9 Å². The number of aliphatic carboxylic acids is 1. The molecule has 70 valence electrons. The van der Waals surface area contributed by atoms with Crippen LogP contribution in [0.15, 0.2) is 11.4 Å². The van der Waals surface area contributed by atoms with Gasteiger partial charge in [-0.3, -0.25) is 4.79 Å². The number of carboxylic acid groups (broad SMARTS) is 1. The molecule has 0 spiro atoms. The van der Waals surface area contributed by atoms with Gasteiger partial charge in [0, 0.05) is 18.3 Å². The van der Waals surface area contributed by atoms with E-state index in [9.17, 15) is 4.79 Å². The predicted molar refractivity (Wildman–Crippen MR) is 53.7 cm³/mol. The van der Waals surface area contributed by atoms with Crippen LogP contribution in [0, 0.1) is 0 Å². The number of nitrogens with one attached hydrogen (secondary N) is 1. The topological polar surface area (TPSA) is 92.0 Å². The fourth-order valence-electron chi connectivity index (χ4n) is 0.775. The van der Waals surface area contributed by atoms with E-state index < -0.39 is 12.0 Å². The number of thiol groups is 1. The van der Waals surface area contributed by atoms with Gasteiger partial charge in [0.1, 0.15) is 6.04 Å². The van der Waals surface area contributed by atoms with Crippen molar-refractivity contribution in [2.75, 3.05) is 0 Å². The standard InChI is InChI=1S/C6H9N3O2S.Ba.2H/c7-4(5(10)11)1-3-2-8-6(12)9-3;;;/h2,4H,1,7H2,(H,10,11)(H2,8,9,12);;;/t4-;;;/m0.../s1. The van der Waals surface area contributed by atoms with Gasteiger partial charge in [0.25, 0.3) is 0 Å². The molecular formula is C6H11BaN3O2S. The number of nitrogens with two attached hydrogens (primary N) is 1. The maximum absolute atomic E-state index is 10.3. The Morgan fingerprint density at radius 3 is 2.85 bits per heavy atom. The molecule has 0 aliphatic heterocycles. The van der Waals surface area contributed by atoms with Gasteiger partial charge in [0.15, 0.2) is 5.16 Å². The zero-order chi connectivity index (χ0) is 9.14. The molecule has 0 saturated heterocycles. The summed E-state index contributed by atoms with van der Waals surface area (Å²) in [6.45, 7) is 0. The van der Waals surface area contributed by atoms with E-state index in [1.54, 1.807) is 0 Å². The van der Waals surface area contributed by atoms with E-state index in [4.69, 9.17) is 10.8 Å². The summed E-state index contributed by atoms with van der Waals surface area (Å²) in [7, 11) is 0. The Hall–Kier alpha value is 0.561. The van der Waals surface area contributed by atoms with E-state index in [-0.39, 0.29) is 55.3 Å². The van der Waals surface area contributed by atoms with E-state index in [2.05, 4.69) is 22.6 Å². The van der Waals surface area contributed by atoms with Crippen LogP contribution in [0.4, 0.5) is 0 Å². The second kappa shape index (κ2) is 6.12. The van der Waals surface area contributed by atoms with Crippen molar-refractivity contribution in [1.29, 1.82) is 0 Å². The fourth-order valence-corrected chi connectivity index (χ4v) is 0.977. The summed E-state index contributed by atoms with van der Waals surface area (Å²) >= 11 is 3.92. The number of imidazole rings is 1. The molecule has 0 aliphatic carbocycles. The Labute approximate surface area is 121 Å². The van der Waals surface area contributed by atoms with E-state index in [1.807, 2.05) is 0 Å². The first-order chi connectivity index (χ1) is 5.59. The molecule has 13 heavy (non-hydrogen) atoms. The number of rotatable bonds is 3. The van der Waals surface area contributed by atoms with E-state index in [1.165, 1.54) is 6.20 Å². The van der Waals surface area contributed by atoms with Crippen LogP contribution in [0.25, 0.3) is 0 Å². The van der Waals surface area contributed by atoms with E-state index in [0.717, 1.165) is 0 Å². The summed E-state index contributed by atoms with van der Waals surface area (Å²) in [6.07, 6.45) is 1.76. The third kappa shape index (κ3) is 4.54. The molecule has 1 aromatic rings. The number of H-pyrrole nitrogens is 1. The van der Waals surface area contributed by atoms with Gasteiger partial charge < -0.3 is 15.8 Å². The van der Waals surface area contributed by atoms with Crippen LogP contribution in [-0.4, -0.2) is 76.0 Å². The van der Waals surface area contributed by atoms with Crippen molar-refractivity contribution in [2.45, 2.75) is 17.6 Å². The minimum absolute atomic E-state index is 0. The summed E-state index contributed by atoms with van der Waals surface area (Å²) in [5.74, 6) is -1.02. The van der Waals surface area contributed by atoms with Gasteiger partial charge in [-0.25, -0.2) is 4.98 Å². The van der Waals surface area contributed by atoms with Crippen LogP contribution in [0.5, 0.6) is 0 Å². The summed E-state index contributed by atoms with van der Waals surface area (Å²) in [5, 5.41) is 8.93. The molecule has 0 fully saturated rings. The molecule has 1 atom stereocenters. The quantitative estimate of drug-likeness (QED) is 0.412. The SMILES string of the molecule is N[C@@H](Cc1cnc(S)[nH]1)C(=O)O.[BaH2]. The first kappa shape index (κ1) is 13.6. The van der Waals surface area contributed by atoms with Crippen LogP contribution in [0.3, 0.4) is 0 Å². The molecule has 0 bridgehead atoms. The molecule has 7 heteroatoms. The molecule has 0 amide bonds. The van der Waals surface area contributed by atoms with E-state index >= 15 is 0 Å². The minimum atomic E-state index is -1.02. The van der Waals surface area contributed by atoms with Crippen molar-refractivity contribution in [2.24, 2.45) is 5.73 Å². The van der Waals surface area contributed by atoms with Crippen molar-refractivity contribution < 1.29 is 9.90 Å². The molecule has 1 aromatic heterocycles. The van der Waals surface area contributed by atoms with Crippen LogP contribution in [-0.2, 0) is 11.2 Å². The zero-order valence-corrected chi connectivity index (χ0v) is 7.08. The fraction of sp³-hybridized carbons (Fsp3) is 0.333. The molecular weight excluding hydrogens is 315 g/mol. The summed E-state index contributed by atoms with van der Waals surface area (Å²) in [5.41, 5.74) is 5.96. The number of aromatic amines is 1. The Kier molecular flexibility index (Phi) is 6.39. The second-order valence-corrected chi connectivity index (χ2v) is 2.80. The summed E-state index contributed by atoms with van der Waals surface area (Å²) < 4.78 is 0. The average Bonchev–Trinajstić information content (AvgIpc) is 2.35. The predicted octanol–water partition coefficient (Wildman–Crippen LogP) is -1.26. The van der Waals surface area contributed by atoms with Crippen LogP contribution < -0.4 is 5.73 Å². The van der Waals surface area contributed by atoms with E-state index in [0.29, 0.717) is 10.9 Å². The number of aromatic nitrogens is 2. The summed E-state index contributed by atoms with van der Waals surface area (Å²) in [4.78, 5) is 16.9. The Balaban J connectivity index is 0.00000144. The molecule has 5 nitrogen and oxygen atoms in total. The number of carbonyl (C=O) groups is 1. The van der Waals surface area contributed by atoms with Gasteiger partial charge in [-0.1, -0.05) is 0 Å². The van der Waals surface area contributed by atoms with Gasteiger partial charge in [-0.05, 0) is 0 Å². The molecule has 1 heterocycles. The first-order valence-electron chi connectivity index (χ1n) is 3.31. The number of carboxylic acids is 1. The normalized spacial score (nSPS) is 11.8. The molecule has 0 radical (unpaired) electrons. The van der Waals surface area contributed by atoms with Crippen LogP contribution >= 0.6 is 12.6 Å². The average molecular weight is 327 g/mol. The molecule has 4 N–H and O–H groups in total. The van der Waals surface area contributed by atoms with Crippen molar-refractivity contribution in [3.8, 4) is 0 Å². The molecule has 0 unspecified atom stereocenters.